The van der Waals surface area contributed by atoms with Crippen molar-refractivity contribution in [2.75, 3.05) is 0 Å². The zero-order chi connectivity index (χ0) is 19.5. The van der Waals surface area contributed by atoms with Gasteiger partial charge in [-0.2, -0.15) is 4.98 Å². The third-order valence-electron chi connectivity index (χ3n) is 5.07. The Kier molecular flexibility index (Phi) is 3.83. The molecule has 3 aromatic heterocycles. The number of imidazole rings is 2. The van der Waals surface area contributed by atoms with E-state index in [-0.39, 0.29) is 11.2 Å². The molecule has 4 rings (SSSR count). The zero-order valence-electron chi connectivity index (χ0n) is 16.3. The van der Waals surface area contributed by atoms with Crippen LogP contribution in [0.1, 0.15) is 30.2 Å². The number of hydrogen-bond acceptors (Lipinski definition) is 3. The predicted octanol–water partition coefficient (Wildman–Crippen LogP) is 2.47. The first kappa shape index (κ1) is 17.3. The Balaban J connectivity index is 2.15. The van der Waals surface area contributed by atoms with Gasteiger partial charge in [-0.3, -0.25) is 22.9 Å². The fourth-order valence-electron chi connectivity index (χ4n) is 3.79. The molecule has 4 aromatic rings. The van der Waals surface area contributed by atoms with Crippen LogP contribution in [0.2, 0.25) is 0 Å². The molecule has 0 aliphatic carbocycles. The highest BCUT2D eigenvalue weighted by molar-refractivity contribution is 5.76. The molecule has 140 valence electrons. The molecule has 0 saturated heterocycles. The van der Waals surface area contributed by atoms with E-state index < -0.39 is 0 Å². The summed E-state index contributed by atoms with van der Waals surface area (Å²) in [6, 6.07) is 6.24. The van der Waals surface area contributed by atoms with Crippen LogP contribution in [0.15, 0.2) is 34.0 Å². The number of nitrogens with zero attached hydrogens (tertiary/aromatic N) is 5. The molecule has 27 heavy (non-hydrogen) atoms. The van der Waals surface area contributed by atoms with Gasteiger partial charge in [0.25, 0.3) is 5.56 Å². The Morgan fingerprint density at radius 3 is 2.52 bits per heavy atom. The summed E-state index contributed by atoms with van der Waals surface area (Å²) in [4.78, 5) is 30.3. The van der Waals surface area contributed by atoms with E-state index in [2.05, 4.69) is 37.0 Å². The van der Waals surface area contributed by atoms with Crippen LogP contribution < -0.4 is 11.2 Å². The molecule has 0 atom stereocenters. The summed E-state index contributed by atoms with van der Waals surface area (Å²) in [5.74, 6) is 0.635. The van der Waals surface area contributed by atoms with Crippen molar-refractivity contribution in [3.8, 4) is 5.69 Å². The van der Waals surface area contributed by atoms with E-state index in [1.807, 2.05) is 24.6 Å². The maximum absolute atomic E-state index is 13.0. The van der Waals surface area contributed by atoms with E-state index in [4.69, 9.17) is 0 Å². The van der Waals surface area contributed by atoms with Crippen LogP contribution in [0.25, 0.3) is 22.6 Å². The normalized spacial score (nSPS) is 11.7. The molecule has 3 heterocycles. The Morgan fingerprint density at radius 2 is 1.85 bits per heavy atom. The summed E-state index contributed by atoms with van der Waals surface area (Å²) >= 11 is 0. The highest BCUT2D eigenvalue weighted by atomic mass is 16.2. The number of aromatic nitrogens is 5. The summed E-state index contributed by atoms with van der Waals surface area (Å²) in [6.07, 6.45) is 2.62. The lowest BCUT2D eigenvalue weighted by atomic mass is 10.1. The summed E-state index contributed by atoms with van der Waals surface area (Å²) in [5.41, 5.74) is 4.53. The molecule has 0 saturated carbocycles. The van der Waals surface area contributed by atoms with Gasteiger partial charge in [-0.05, 0) is 38.8 Å². The summed E-state index contributed by atoms with van der Waals surface area (Å²) in [5, 5.41) is 0. The molecule has 0 aliphatic rings. The van der Waals surface area contributed by atoms with Crippen molar-refractivity contribution < 1.29 is 0 Å². The molecular weight excluding hydrogens is 342 g/mol. The summed E-state index contributed by atoms with van der Waals surface area (Å²) < 4.78 is 6.59. The lowest BCUT2D eigenvalue weighted by Gasteiger charge is -2.10. The van der Waals surface area contributed by atoms with Crippen molar-refractivity contribution in [2.45, 2.75) is 40.7 Å². The standard InChI is InChI=1S/C20H23N5O2/c1-6-9-23-18(26)16-17(22(5)20(23)27)21-19-24(16)11-14(4)25(19)15-8-7-12(2)10-13(15)3/h7-8,10-11H,6,9H2,1-5H3. The van der Waals surface area contributed by atoms with Crippen LogP contribution in [0, 0.1) is 20.8 Å². The number of benzene rings is 1. The van der Waals surface area contributed by atoms with Crippen molar-refractivity contribution in [1.29, 1.82) is 0 Å². The van der Waals surface area contributed by atoms with E-state index in [9.17, 15) is 9.59 Å². The van der Waals surface area contributed by atoms with Crippen LogP contribution in [0.3, 0.4) is 0 Å². The number of rotatable bonds is 3. The average Bonchev–Trinajstić information content (AvgIpc) is 3.12. The molecule has 7 nitrogen and oxygen atoms in total. The van der Waals surface area contributed by atoms with E-state index >= 15 is 0 Å². The second-order valence-electron chi connectivity index (χ2n) is 7.15. The molecule has 7 heteroatoms. The highest BCUT2D eigenvalue weighted by Crippen LogP contribution is 2.23. The molecule has 0 unspecified atom stereocenters. The molecular formula is C20H23N5O2. The molecule has 1 aromatic carbocycles. The first-order chi connectivity index (χ1) is 12.8. The van der Waals surface area contributed by atoms with Gasteiger partial charge in [-0.25, -0.2) is 4.79 Å². The maximum atomic E-state index is 13.0. The van der Waals surface area contributed by atoms with Gasteiger partial charge in [0.05, 0.1) is 5.69 Å². The van der Waals surface area contributed by atoms with E-state index in [0.29, 0.717) is 29.9 Å². The summed E-state index contributed by atoms with van der Waals surface area (Å²) in [6.45, 7) is 8.45. The van der Waals surface area contributed by atoms with Crippen LogP contribution in [0.5, 0.6) is 0 Å². The fraction of sp³-hybridized carbons (Fsp3) is 0.350. The van der Waals surface area contributed by atoms with Gasteiger partial charge >= 0.3 is 5.69 Å². The third kappa shape index (κ3) is 2.38. The fourth-order valence-corrected chi connectivity index (χ4v) is 3.79. The van der Waals surface area contributed by atoms with Gasteiger partial charge in [-0.15, -0.1) is 0 Å². The highest BCUT2D eigenvalue weighted by Gasteiger charge is 2.20. The Morgan fingerprint density at radius 1 is 1.11 bits per heavy atom. The minimum absolute atomic E-state index is 0.291. The second-order valence-corrected chi connectivity index (χ2v) is 7.15. The first-order valence-electron chi connectivity index (χ1n) is 9.12. The minimum atomic E-state index is -0.329. The predicted molar refractivity (Wildman–Crippen MR) is 106 cm³/mol. The van der Waals surface area contributed by atoms with Crippen molar-refractivity contribution in [3.63, 3.8) is 0 Å². The number of hydrogen-bond donors (Lipinski definition) is 0. The molecule has 0 aliphatic heterocycles. The smallest absolute Gasteiger partial charge is 0.283 e. The number of aryl methyl sites for hydroxylation is 4. The van der Waals surface area contributed by atoms with Crippen molar-refractivity contribution in [2.24, 2.45) is 7.05 Å². The second kappa shape index (κ2) is 5.97. The quantitative estimate of drug-likeness (QED) is 0.560. The van der Waals surface area contributed by atoms with Gasteiger partial charge in [0.1, 0.15) is 0 Å². The van der Waals surface area contributed by atoms with E-state index in [0.717, 1.165) is 16.9 Å². The topological polar surface area (TPSA) is 66.2 Å². The van der Waals surface area contributed by atoms with E-state index in [1.165, 1.54) is 14.7 Å². The van der Waals surface area contributed by atoms with Gasteiger partial charge < -0.3 is 0 Å². The van der Waals surface area contributed by atoms with Crippen LogP contribution >= 0.6 is 0 Å². The molecule has 0 fully saturated rings. The lowest BCUT2D eigenvalue weighted by Crippen LogP contribution is -2.39. The number of fused-ring (bicyclic) bond motifs is 3. The molecule has 0 spiro atoms. The van der Waals surface area contributed by atoms with Gasteiger partial charge in [-0.1, -0.05) is 24.6 Å². The monoisotopic (exact) mass is 365 g/mol. The van der Waals surface area contributed by atoms with Crippen LogP contribution in [-0.2, 0) is 13.6 Å². The zero-order valence-corrected chi connectivity index (χ0v) is 16.3. The van der Waals surface area contributed by atoms with Gasteiger partial charge in [0.15, 0.2) is 11.2 Å². The largest absolute Gasteiger partial charge is 0.332 e. The average molecular weight is 365 g/mol. The molecule has 0 amide bonds. The Bertz CT molecular complexity index is 1320. The lowest BCUT2D eigenvalue weighted by molar-refractivity contribution is 0.592. The van der Waals surface area contributed by atoms with Crippen molar-refractivity contribution >= 4 is 16.9 Å². The Labute approximate surface area is 156 Å². The first-order valence-corrected chi connectivity index (χ1v) is 9.12. The van der Waals surface area contributed by atoms with Crippen LogP contribution in [-0.4, -0.2) is 23.1 Å². The van der Waals surface area contributed by atoms with E-state index in [1.54, 1.807) is 11.4 Å². The third-order valence-corrected chi connectivity index (χ3v) is 5.07. The molecule has 0 N–H and O–H groups in total. The van der Waals surface area contributed by atoms with Gasteiger partial charge in [0, 0.05) is 25.5 Å². The molecule has 0 radical (unpaired) electrons. The SMILES string of the molecule is CCCn1c(=O)c2c(nc3n(-c4ccc(C)cc4C)c(C)cn23)n(C)c1=O. The van der Waals surface area contributed by atoms with Crippen LogP contribution in [0.4, 0.5) is 0 Å². The summed E-state index contributed by atoms with van der Waals surface area (Å²) in [7, 11) is 1.66. The van der Waals surface area contributed by atoms with Crippen molar-refractivity contribution in [1.82, 2.24) is 23.1 Å². The Hall–Kier alpha value is -3.09. The van der Waals surface area contributed by atoms with Gasteiger partial charge in [0.2, 0.25) is 5.78 Å². The minimum Gasteiger partial charge on any atom is -0.283 e. The van der Waals surface area contributed by atoms with Crippen molar-refractivity contribution in [3.05, 3.63) is 62.1 Å². The maximum Gasteiger partial charge on any atom is 0.332 e. The molecule has 0 bridgehead atoms.